The highest BCUT2D eigenvalue weighted by atomic mass is 16.5. The summed E-state index contributed by atoms with van der Waals surface area (Å²) in [5, 5.41) is 0. The quantitative estimate of drug-likeness (QED) is 0.700. The molecule has 0 amide bonds. The number of benzene rings is 2. The standard InChI is InChI=1S/C24H29NO2/c1-25(2)17-22-13-12-19(16-23(22)20-9-5-4-6-10-20)14-18-8-7-11-21(15-18)24(26)27-3/h4-11,14-15,22-23H,12-13,16-17H2,1-3H3/b19-14+/t22-,23-/m0/s1. The van der Waals surface area contributed by atoms with Gasteiger partial charge in [-0.15, -0.1) is 0 Å². The summed E-state index contributed by atoms with van der Waals surface area (Å²) in [6, 6.07) is 18.6. The fraction of sp³-hybridized carbons (Fsp3) is 0.375. The topological polar surface area (TPSA) is 29.5 Å². The first-order valence-electron chi connectivity index (χ1n) is 9.64. The Morgan fingerprint density at radius 2 is 1.93 bits per heavy atom. The van der Waals surface area contributed by atoms with Crippen LogP contribution >= 0.6 is 0 Å². The van der Waals surface area contributed by atoms with Crippen molar-refractivity contribution in [1.29, 1.82) is 0 Å². The van der Waals surface area contributed by atoms with Gasteiger partial charge in [0.15, 0.2) is 0 Å². The van der Waals surface area contributed by atoms with Gasteiger partial charge >= 0.3 is 5.97 Å². The maximum atomic E-state index is 11.8. The van der Waals surface area contributed by atoms with Crippen molar-refractivity contribution in [3.05, 3.63) is 76.9 Å². The lowest BCUT2D eigenvalue weighted by Crippen LogP contribution is -2.29. The summed E-state index contributed by atoms with van der Waals surface area (Å²) in [5.74, 6) is 0.922. The first-order chi connectivity index (χ1) is 13.1. The normalized spacial score (nSPS) is 21.4. The summed E-state index contributed by atoms with van der Waals surface area (Å²) >= 11 is 0. The highest BCUT2D eigenvalue weighted by Gasteiger charge is 2.29. The molecule has 1 saturated carbocycles. The number of esters is 1. The van der Waals surface area contributed by atoms with Crippen LogP contribution in [0.2, 0.25) is 0 Å². The Bertz CT molecular complexity index is 795. The minimum absolute atomic E-state index is 0.285. The molecule has 1 aliphatic rings. The summed E-state index contributed by atoms with van der Waals surface area (Å²) < 4.78 is 4.84. The molecule has 3 heteroatoms. The Balaban J connectivity index is 1.84. The van der Waals surface area contributed by atoms with Crippen LogP contribution in [0.25, 0.3) is 6.08 Å². The molecule has 27 heavy (non-hydrogen) atoms. The van der Waals surface area contributed by atoms with Crippen LogP contribution in [0.3, 0.4) is 0 Å². The first kappa shape index (κ1) is 19.4. The second-order valence-electron chi connectivity index (χ2n) is 7.70. The number of hydrogen-bond acceptors (Lipinski definition) is 3. The van der Waals surface area contributed by atoms with Crippen LogP contribution in [-0.2, 0) is 4.74 Å². The minimum atomic E-state index is -0.285. The average Bonchev–Trinajstić information content (AvgIpc) is 2.69. The summed E-state index contributed by atoms with van der Waals surface area (Å²) in [5.41, 5.74) is 4.57. The third kappa shape index (κ3) is 5.08. The molecule has 0 aliphatic heterocycles. The highest BCUT2D eigenvalue weighted by Crippen LogP contribution is 2.41. The van der Waals surface area contributed by atoms with E-state index < -0.39 is 0 Å². The van der Waals surface area contributed by atoms with E-state index in [0.717, 1.165) is 24.9 Å². The van der Waals surface area contributed by atoms with E-state index in [2.05, 4.69) is 61.5 Å². The van der Waals surface area contributed by atoms with Crippen LogP contribution in [0.4, 0.5) is 0 Å². The van der Waals surface area contributed by atoms with Gasteiger partial charge in [-0.05, 0) is 68.5 Å². The summed E-state index contributed by atoms with van der Waals surface area (Å²) in [7, 11) is 5.74. The van der Waals surface area contributed by atoms with Gasteiger partial charge in [0.2, 0.25) is 0 Å². The second kappa shape index (κ2) is 9.01. The van der Waals surface area contributed by atoms with Crippen molar-refractivity contribution in [3.8, 4) is 0 Å². The molecule has 2 atom stereocenters. The number of carbonyl (C=O) groups is 1. The SMILES string of the molecule is COC(=O)c1cccc(/C=C2\CC[C@@H](CN(C)C)[C@H](c3ccccc3)C2)c1. The van der Waals surface area contributed by atoms with E-state index in [0.29, 0.717) is 17.4 Å². The average molecular weight is 364 g/mol. The van der Waals surface area contributed by atoms with Gasteiger partial charge in [-0.2, -0.15) is 0 Å². The van der Waals surface area contributed by atoms with Crippen LogP contribution in [-0.4, -0.2) is 38.6 Å². The third-order valence-corrected chi connectivity index (χ3v) is 5.39. The van der Waals surface area contributed by atoms with Crippen molar-refractivity contribution in [3.63, 3.8) is 0 Å². The van der Waals surface area contributed by atoms with Crippen molar-refractivity contribution in [1.82, 2.24) is 4.90 Å². The molecule has 0 N–H and O–H groups in total. The van der Waals surface area contributed by atoms with Gasteiger partial charge in [-0.3, -0.25) is 0 Å². The van der Waals surface area contributed by atoms with Crippen molar-refractivity contribution in [2.24, 2.45) is 5.92 Å². The molecule has 3 nitrogen and oxygen atoms in total. The Morgan fingerprint density at radius 1 is 1.15 bits per heavy atom. The van der Waals surface area contributed by atoms with E-state index in [1.54, 1.807) is 6.07 Å². The predicted octanol–water partition coefficient (Wildman–Crippen LogP) is 5.00. The molecule has 0 radical (unpaired) electrons. The molecule has 0 spiro atoms. The molecule has 3 rings (SSSR count). The van der Waals surface area contributed by atoms with E-state index in [-0.39, 0.29) is 5.97 Å². The van der Waals surface area contributed by atoms with Crippen LogP contribution in [0.5, 0.6) is 0 Å². The fourth-order valence-electron chi connectivity index (χ4n) is 4.14. The fourth-order valence-corrected chi connectivity index (χ4v) is 4.14. The maximum absolute atomic E-state index is 11.8. The van der Waals surface area contributed by atoms with Crippen LogP contribution in [0.15, 0.2) is 60.2 Å². The highest BCUT2D eigenvalue weighted by molar-refractivity contribution is 5.90. The number of ether oxygens (including phenoxy) is 1. The number of rotatable bonds is 5. The van der Waals surface area contributed by atoms with E-state index in [1.807, 2.05) is 12.1 Å². The molecule has 142 valence electrons. The molecule has 0 bridgehead atoms. The molecule has 0 unspecified atom stereocenters. The number of allylic oxidation sites excluding steroid dienone is 1. The lowest BCUT2D eigenvalue weighted by Gasteiger charge is -2.35. The third-order valence-electron chi connectivity index (χ3n) is 5.39. The Hall–Kier alpha value is -2.39. The zero-order valence-corrected chi connectivity index (χ0v) is 16.5. The lowest BCUT2D eigenvalue weighted by atomic mass is 9.73. The molecule has 2 aromatic rings. The van der Waals surface area contributed by atoms with Crippen molar-refractivity contribution in [2.45, 2.75) is 25.2 Å². The first-order valence-corrected chi connectivity index (χ1v) is 9.64. The Morgan fingerprint density at radius 3 is 2.63 bits per heavy atom. The molecular weight excluding hydrogens is 334 g/mol. The molecule has 2 aromatic carbocycles. The van der Waals surface area contributed by atoms with Crippen molar-refractivity contribution >= 4 is 12.0 Å². The van der Waals surface area contributed by atoms with Crippen molar-refractivity contribution < 1.29 is 9.53 Å². The summed E-state index contributed by atoms with van der Waals surface area (Å²) in [6.07, 6.45) is 5.64. The smallest absolute Gasteiger partial charge is 0.337 e. The van der Waals surface area contributed by atoms with Crippen LogP contribution in [0, 0.1) is 5.92 Å². The van der Waals surface area contributed by atoms with E-state index >= 15 is 0 Å². The van der Waals surface area contributed by atoms with Crippen LogP contribution in [0.1, 0.15) is 46.7 Å². The largest absolute Gasteiger partial charge is 0.465 e. The zero-order chi connectivity index (χ0) is 19.2. The molecular formula is C24H29NO2. The van der Waals surface area contributed by atoms with Gasteiger partial charge in [-0.1, -0.05) is 54.1 Å². The molecule has 0 aromatic heterocycles. The van der Waals surface area contributed by atoms with Crippen molar-refractivity contribution in [2.75, 3.05) is 27.7 Å². The van der Waals surface area contributed by atoms with E-state index in [9.17, 15) is 4.79 Å². The summed E-state index contributed by atoms with van der Waals surface area (Å²) in [6.45, 7) is 1.12. The maximum Gasteiger partial charge on any atom is 0.337 e. The lowest BCUT2D eigenvalue weighted by molar-refractivity contribution is 0.0600. The number of methoxy groups -OCH3 is 1. The van der Waals surface area contributed by atoms with Gasteiger partial charge < -0.3 is 9.64 Å². The molecule has 1 fully saturated rings. The van der Waals surface area contributed by atoms with Gasteiger partial charge in [0.05, 0.1) is 12.7 Å². The number of carbonyl (C=O) groups excluding carboxylic acids is 1. The van der Waals surface area contributed by atoms with Gasteiger partial charge in [-0.25, -0.2) is 4.79 Å². The van der Waals surface area contributed by atoms with Gasteiger partial charge in [0, 0.05) is 6.54 Å². The Labute approximate surface area is 162 Å². The zero-order valence-electron chi connectivity index (χ0n) is 16.5. The van der Waals surface area contributed by atoms with Gasteiger partial charge in [0.1, 0.15) is 0 Å². The Kier molecular flexibility index (Phi) is 6.46. The molecule has 0 saturated heterocycles. The van der Waals surface area contributed by atoms with Crippen LogP contribution < -0.4 is 0 Å². The molecule has 0 heterocycles. The van der Waals surface area contributed by atoms with E-state index in [1.165, 1.54) is 24.7 Å². The number of nitrogens with zero attached hydrogens (tertiary/aromatic N) is 1. The second-order valence-corrected chi connectivity index (χ2v) is 7.70. The van der Waals surface area contributed by atoms with E-state index in [4.69, 9.17) is 4.74 Å². The van der Waals surface area contributed by atoms with Gasteiger partial charge in [0.25, 0.3) is 0 Å². The predicted molar refractivity (Wildman–Crippen MR) is 111 cm³/mol. The molecule has 1 aliphatic carbocycles. The summed E-state index contributed by atoms with van der Waals surface area (Å²) in [4.78, 5) is 14.1. The minimum Gasteiger partial charge on any atom is -0.465 e. The number of hydrogen-bond donors (Lipinski definition) is 0. The monoisotopic (exact) mass is 363 g/mol.